The van der Waals surface area contributed by atoms with Gasteiger partial charge in [-0.1, -0.05) is 24.3 Å². The Kier molecular flexibility index (Phi) is 4.86. The van der Waals surface area contributed by atoms with Crippen LogP contribution in [0.25, 0.3) is 11.0 Å². The lowest BCUT2D eigenvalue weighted by Gasteiger charge is -2.36. The van der Waals surface area contributed by atoms with Crippen molar-refractivity contribution in [3.63, 3.8) is 0 Å². The monoisotopic (exact) mass is 420 g/mol. The molecule has 8 nitrogen and oxygen atoms in total. The standard InChI is InChI=1S/C23H25N5O3/c1-15(22(30)27-14-21(29)24-17-6-2-4-8-19(17)27)26-12-10-16(11-13-26)28-20-9-5-3-7-18(20)25-23(28)31/h2-9,15-16H,10-14H2,1H3,(H,24,29)(H,25,31)/p+1/t15-/m1/s1. The quantitative estimate of drug-likeness (QED) is 0.589. The van der Waals surface area contributed by atoms with Crippen molar-refractivity contribution >= 4 is 34.2 Å². The summed E-state index contributed by atoms with van der Waals surface area (Å²) < 4.78 is 1.86. The highest BCUT2D eigenvalue weighted by Crippen LogP contribution is 2.29. The first-order valence-corrected chi connectivity index (χ1v) is 10.8. The molecule has 3 heterocycles. The second kappa shape index (κ2) is 7.70. The van der Waals surface area contributed by atoms with Gasteiger partial charge in [0.1, 0.15) is 6.54 Å². The zero-order valence-corrected chi connectivity index (χ0v) is 17.4. The summed E-state index contributed by atoms with van der Waals surface area (Å²) in [5.41, 5.74) is 3.13. The number of quaternary nitrogens is 1. The number of hydrogen-bond acceptors (Lipinski definition) is 3. The first-order valence-electron chi connectivity index (χ1n) is 10.8. The van der Waals surface area contributed by atoms with Gasteiger partial charge >= 0.3 is 5.69 Å². The number of aromatic amines is 1. The van der Waals surface area contributed by atoms with Gasteiger partial charge in [-0.05, 0) is 31.2 Å². The molecule has 2 amide bonds. The number of piperidine rings is 1. The Morgan fingerprint density at radius 1 is 1.06 bits per heavy atom. The minimum absolute atomic E-state index is 0.0417. The Bertz CT molecular complexity index is 1210. The SMILES string of the molecule is C[C@H](C(=O)N1CC(=O)Nc2ccccc21)[NH+]1CCC(n2c(=O)[nH]c3ccccc32)CC1. The number of anilines is 2. The van der Waals surface area contributed by atoms with Crippen LogP contribution in [0.5, 0.6) is 0 Å². The maximum atomic E-state index is 13.3. The Balaban J connectivity index is 1.31. The zero-order chi connectivity index (χ0) is 21.5. The lowest BCUT2D eigenvalue weighted by molar-refractivity contribution is -0.919. The van der Waals surface area contributed by atoms with Gasteiger partial charge in [0.05, 0.1) is 35.5 Å². The van der Waals surface area contributed by atoms with Crippen LogP contribution in [-0.4, -0.2) is 47.0 Å². The molecule has 3 N–H and O–H groups in total. The molecule has 1 aromatic heterocycles. The van der Waals surface area contributed by atoms with Gasteiger partial charge in [-0.15, -0.1) is 0 Å². The van der Waals surface area contributed by atoms with Crippen LogP contribution in [-0.2, 0) is 9.59 Å². The molecule has 1 saturated heterocycles. The summed E-state index contributed by atoms with van der Waals surface area (Å²) in [6.07, 6.45) is 1.65. The van der Waals surface area contributed by atoms with Gasteiger partial charge in [0.15, 0.2) is 6.04 Å². The van der Waals surface area contributed by atoms with E-state index in [-0.39, 0.29) is 36.1 Å². The number of hydrogen-bond donors (Lipinski definition) is 3. The van der Waals surface area contributed by atoms with Crippen molar-refractivity contribution in [3.8, 4) is 0 Å². The molecular formula is C23H26N5O3+. The summed E-state index contributed by atoms with van der Waals surface area (Å²) in [4.78, 5) is 43.7. The number of H-pyrrole nitrogens is 1. The number of aromatic nitrogens is 2. The molecule has 0 aliphatic carbocycles. The van der Waals surface area contributed by atoms with Crippen molar-refractivity contribution in [2.45, 2.75) is 31.8 Å². The third-order valence-electron chi connectivity index (χ3n) is 6.61. The Morgan fingerprint density at radius 2 is 1.77 bits per heavy atom. The highest BCUT2D eigenvalue weighted by molar-refractivity contribution is 6.10. The van der Waals surface area contributed by atoms with E-state index in [0.29, 0.717) is 5.69 Å². The van der Waals surface area contributed by atoms with Crippen LogP contribution < -0.4 is 20.8 Å². The van der Waals surface area contributed by atoms with Crippen LogP contribution in [0.4, 0.5) is 11.4 Å². The average Bonchev–Trinajstić information content (AvgIpc) is 3.13. The van der Waals surface area contributed by atoms with E-state index in [1.807, 2.05) is 60.0 Å². The molecule has 1 atom stereocenters. The molecular weight excluding hydrogens is 394 g/mol. The predicted octanol–water partition coefficient (Wildman–Crippen LogP) is 0.923. The van der Waals surface area contributed by atoms with Crippen molar-refractivity contribution in [1.29, 1.82) is 0 Å². The average molecular weight is 420 g/mol. The fourth-order valence-corrected chi connectivity index (χ4v) is 4.94. The molecule has 0 bridgehead atoms. The summed E-state index contributed by atoms with van der Waals surface area (Å²) in [5.74, 6) is -0.216. The molecule has 0 spiro atoms. The molecule has 160 valence electrons. The number of imidazole rings is 1. The predicted molar refractivity (Wildman–Crippen MR) is 118 cm³/mol. The number of fused-ring (bicyclic) bond motifs is 2. The van der Waals surface area contributed by atoms with Crippen molar-refractivity contribution in [2.24, 2.45) is 0 Å². The number of para-hydroxylation sites is 4. The number of benzene rings is 2. The van der Waals surface area contributed by atoms with E-state index in [9.17, 15) is 14.4 Å². The molecule has 2 aliphatic rings. The van der Waals surface area contributed by atoms with E-state index in [0.717, 1.165) is 42.7 Å². The van der Waals surface area contributed by atoms with E-state index in [4.69, 9.17) is 0 Å². The molecule has 0 unspecified atom stereocenters. The third-order valence-corrected chi connectivity index (χ3v) is 6.61. The molecule has 2 aliphatic heterocycles. The van der Waals surface area contributed by atoms with Crippen molar-refractivity contribution in [1.82, 2.24) is 9.55 Å². The normalized spacial score (nSPS) is 22.1. The van der Waals surface area contributed by atoms with Crippen LogP contribution in [0.1, 0.15) is 25.8 Å². The van der Waals surface area contributed by atoms with Gasteiger partial charge in [0.25, 0.3) is 5.91 Å². The number of nitrogens with one attached hydrogen (secondary N) is 3. The summed E-state index contributed by atoms with van der Waals surface area (Å²) in [6, 6.07) is 15.0. The van der Waals surface area contributed by atoms with Crippen molar-refractivity contribution < 1.29 is 14.5 Å². The molecule has 2 aromatic carbocycles. The van der Waals surface area contributed by atoms with Crippen LogP contribution in [0.15, 0.2) is 53.3 Å². The minimum Gasteiger partial charge on any atom is -0.325 e. The number of carbonyl (C=O) groups excluding carboxylic acids is 2. The van der Waals surface area contributed by atoms with E-state index in [1.165, 1.54) is 4.90 Å². The summed E-state index contributed by atoms with van der Waals surface area (Å²) in [7, 11) is 0. The Morgan fingerprint density at radius 3 is 2.58 bits per heavy atom. The lowest BCUT2D eigenvalue weighted by atomic mass is 10.0. The number of likely N-dealkylation sites (tertiary alicyclic amines) is 1. The highest BCUT2D eigenvalue weighted by Gasteiger charge is 2.37. The van der Waals surface area contributed by atoms with Gasteiger partial charge in [-0.2, -0.15) is 0 Å². The number of amides is 2. The molecule has 8 heteroatoms. The molecule has 0 radical (unpaired) electrons. The van der Waals surface area contributed by atoms with E-state index < -0.39 is 0 Å². The van der Waals surface area contributed by atoms with Crippen LogP contribution in [0.2, 0.25) is 0 Å². The third kappa shape index (κ3) is 3.42. The summed E-state index contributed by atoms with van der Waals surface area (Å²) >= 11 is 0. The molecule has 31 heavy (non-hydrogen) atoms. The van der Waals surface area contributed by atoms with Crippen molar-refractivity contribution in [3.05, 3.63) is 59.0 Å². The van der Waals surface area contributed by atoms with Crippen LogP contribution >= 0.6 is 0 Å². The van der Waals surface area contributed by atoms with Gasteiger partial charge in [-0.3, -0.25) is 19.1 Å². The second-order valence-corrected chi connectivity index (χ2v) is 8.42. The largest absolute Gasteiger partial charge is 0.326 e. The second-order valence-electron chi connectivity index (χ2n) is 8.42. The number of nitrogens with zero attached hydrogens (tertiary/aromatic N) is 2. The first-order chi connectivity index (χ1) is 15.0. The first kappa shape index (κ1) is 19.6. The number of rotatable bonds is 3. The Labute approximate surface area is 179 Å². The van der Waals surface area contributed by atoms with Gasteiger partial charge in [0.2, 0.25) is 5.91 Å². The Hall–Kier alpha value is -3.39. The van der Waals surface area contributed by atoms with Crippen molar-refractivity contribution in [2.75, 3.05) is 29.9 Å². The fourth-order valence-electron chi connectivity index (χ4n) is 4.94. The van der Waals surface area contributed by atoms with E-state index >= 15 is 0 Å². The highest BCUT2D eigenvalue weighted by atomic mass is 16.2. The number of carbonyl (C=O) groups is 2. The van der Waals surface area contributed by atoms with Gasteiger partial charge < -0.3 is 15.2 Å². The summed E-state index contributed by atoms with van der Waals surface area (Å²) in [5, 5.41) is 2.83. The zero-order valence-electron chi connectivity index (χ0n) is 17.4. The lowest BCUT2D eigenvalue weighted by Crippen LogP contribution is -3.17. The van der Waals surface area contributed by atoms with Crippen LogP contribution in [0.3, 0.4) is 0 Å². The van der Waals surface area contributed by atoms with Gasteiger partial charge in [-0.25, -0.2) is 4.79 Å². The molecule has 0 saturated carbocycles. The fraction of sp³-hybridized carbons (Fsp3) is 0.348. The molecule has 5 rings (SSSR count). The van der Waals surface area contributed by atoms with Crippen LogP contribution in [0, 0.1) is 0 Å². The minimum atomic E-state index is -0.264. The smallest absolute Gasteiger partial charge is 0.325 e. The molecule has 3 aromatic rings. The van der Waals surface area contributed by atoms with Gasteiger partial charge in [0, 0.05) is 18.9 Å². The maximum Gasteiger partial charge on any atom is 0.326 e. The van der Waals surface area contributed by atoms with E-state index in [1.54, 1.807) is 4.90 Å². The van der Waals surface area contributed by atoms with E-state index in [2.05, 4.69) is 10.3 Å². The summed E-state index contributed by atoms with van der Waals surface area (Å²) in [6.45, 7) is 3.57. The topological polar surface area (TPSA) is 91.6 Å². The molecule has 1 fully saturated rings. The maximum absolute atomic E-state index is 13.3.